The van der Waals surface area contributed by atoms with Crippen LogP contribution in [0.25, 0.3) is 33.9 Å². The fourth-order valence-corrected chi connectivity index (χ4v) is 3.81. The molecule has 0 saturated carbocycles. The third kappa shape index (κ3) is 4.25. The Morgan fingerprint density at radius 2 is 1.64 bits per heavy atom. The number of carbonyl (C=O) groups excluding carboxylic acids is 1. The molecule has 0 saturated heterocycles. The van der Waals surface area contributed by atoms with Crippen molar-refractivity contribution in [1.82, 2.24) is 4.98 Å². The number of furan rings is 1. The molecular formula is C26H18Cl2N2O3. The summed E-state index contributed by atoms with van der Waals surface area (Å²) in [5.41, 5.74) is 5.64. The molecule has 0 atom stereocenters. The highest BCUT2D eigenvalue weighted by molar-refractivity contribution is 6.33. The van der Waals surface area contributed by atoms with Gasteiger partial charge in [-0.05, 0) is 91.7 Å². The molecule has 164 valence electrons. The lowest BCUT2D eigenvalue weighted by molar-refractivity contribution is 0.0997. The monoisotopic (exact) mass is 476 g/mol. The Labute approximate surface area is 200 Å². The number of nitrogens with one attached hydrogen (secondary N) is 1. The lowest BCUT2D eigenvalue weighted by atomic mass is 10.1. The second kappa shape index (κ2) is 8.43. The zero-order chi connectivity index (χ0) is 23.1. The average Bonchev–Trinajstić information content (AvgIpc) is 3.43. The van der Waals surface area contributed by atoms with Gasteiger partial charge in [-0.3, -0.25) is 4.79 Å². The van der Waals surface area contributed by atoms with Gasteiger partial charge in [-0.15, -0.1) is 0 Å². The van der Waals surface area contributed by atoms with Crippen LogP contribution in [0.3, 0.4) is 0 Å². The summed E-state index contributed by atoms with van der Waals surface area (Å²) in [7, 11) is 0. The molecule has 5 rings (SSSR count). The SMILES string of the molecule is Cc1cc2nc(-c3cc(NC(=O)c4ccc(-c5ccc(Cl)cc5)o4)ccc3Cl)oc2cc1C. The van der Waals surface area contributed by atoms with E-state index in [9.17, 15) is 4.79 Å². The van der Waals surface area contributed by atoms with Crippen LogP contribution in [0, 0.1) is 13.8 Å². The van der Waals surface area contributed by atoms with Crippen molar-refractivity contribution in [2.24, 2.45) is 0 Å². The Morgan fingerprint density at radius 3 is 2.42 bits per heavy atom. The molecule has 0 unspecified atom stereocenters. The van der Waals surface area contributed by atoms with E-state index in [1.165, 1.54) is 0 Å². The summed E-state index contributed by atoms with van der Waals surface area (Å²) >= 11 is 12.4. The maximum Gasteiger partial charge on any atom is 0.291 e. The maximum atomic E-state index is 12.8. The fraction of sp³-hybridized carbons (Fsp3) is 0.0769. The van der Waals surface area contributed by atoms with Crippen molar-refractivity contribution in [3.05, 3.63) is 93.7 Å². The van der Waals surface area contributed by atoms with E-state index in [0.717, 1.165) is 22.2 Å². The number of fused-ring (bicyclic) bond motifs is 1. The van der Waals surface area contributed by atoms with Crippen LogP contribution < -0.4 is 5.32 Å². The van der Waals surface area contributed by atoms with Crippen LogP contribution in [-0.4, -0.2) is 10.9 Å². The average molecular weight is 477 g/mol. The minimum absolute atomic E-state index is 0.185. The van der Waals surface area contributed by atoms with Gasteiger partial charge in [-0.2, -0.15) is 0 Å². The first-order valence-electron chi connectivity index (χ1n) is 10.2. The first kappa shape index (κ1) is 21.3. The largest absolute Gasteiger partial charge is 0.451 e. The van der Waals surface area contributed by atoms with E-state index in [-0.39, 0.29) is 11.7 Å². The predicted octanol–water partition coefficient (Wildman–Crippen LogP) is 7.93. The van der Waals surface area contributed by atoms with Crippen molar-refractivity contribution in [2.45, 2.75) is 13.8 Å². The number of hydrogen-bond donors (Lipinski definition) is 1. The van der Waals surface area contributed by atoms with Crippen LogP contribution in [0.5, 0.6) is 0 Å². The summed E-state index contributed by atoms with van der Waals surface area (Å²) in [5.74, 6) is 0.765. The van der Waals surface area contributed by atoms with Crippen LogP contribution in [0.4, 0.5) is 5.69 Å². The molecule has 33 heavy (non-hydrogen) atoms. The Morgan fingerprint density at radius 1 is 0.879 bits per heavy atom. The van der Waals surface area contributed by atoms with Gasteiger partial charge >= 0.3 is 0 Å². The Bertz CT molecular complexity index is 1460. The minimum atomic E-state index is -0.382. The van der Waals surface area contributed by atoms with Gasteiger partial charge in [0.15, 0.2) is 11.3 Å². The summed E-state index contributed by atoms with van der Waals surface area (Å²) in [6.07, 6.45) is 0. The van der Waals surface area contributed by atoms with E-state index in [1.54, 1.807) is 42.5 Å². The van der Waals surface area contributed by atoms with Crippen LogP contribution >= 0.6 is 23.2 Å². The summed E-state index contributed by atoms with van der Waals surface area (Å²) in [4.78, 5) is 17.3. The molecule has 2 heterocycles. The van der Waals surface area contributed by atoms with E-state index in [4.69, 9.17) is 32.0 Å². The van der Waals surface area contributed by atoms with Crippen molar-refractivity contribution in [3.63, 3.8) is 0 Å². The van der Waals surface area contributed by atoms with Gasteiger partial charge in [0.05, 0.1) is 10.6 Å². The number of aryl methyl sites for hydroxylation is 2. The quantitative estimate of drug-likeness (QED) is 0.285. The fourth-order valence-electron chi connectivity index (χ4n) is 3.48. The lowest BCUT2D eigenvalue weighted by Gasteiger charge is -2.06. The molecule has 0 aliphatic carbocycles. The molecular weight excluding hydrogens is 459 g/mol. The number of hydrogen-bond acceptors (Lipinski definition) is 4. The molecule has 1 amide bonds. The first-order valence-corrected chi connectivity index (χ1v) is 11.0. The molecule has 2 aromatic heterocycles. The maximum absolute atomic E-state index is 12.8. The van der Waals surface area contributed by atoms with Crippen molar-refractivity contribution in [3.8, 4) is 22.8 Å². The Kier molecular flexibility index (Phi) is 5.44. The Hall–Kier alpha value is -3.54. The summed E-state index contributed by atoms with van der Waals surface area (Å²) in [5, 5.41) is 3.94. The summed E-state index contributed by atoms with van der Waals surface area (Å²) < 4.78 is 11.7. The number of nitrogens with zero attached hydrogens (tertiary/aromatic N) is 1. The number of carbonyl (C=O) groups is 1. The highest BCUT2D eigenvalue weighted by atomic mass is 35.5. The molecule has 7 heteroatoms. The molecule has 5 aromatic rings. The molecule has 0 aliphatic rings. The minimum Gasteiger partial charge on any atom is -0.451 e. The standard InChI is InChI=1S/C26H18Cl2N2O3/c1-14-11-21-24(12-15(14)2)33-26(30-21)19-13-18(7-8-20(19)28)29-25(31)23-10-9-22(32-23)16-3-5-17(27)6-4-16/h3-13H,1-2H3,(H,29,31). The smallest absolute Gasteiger partial charge is 0.291 e. The molecule has 0 bridgehead atoms. The second-order valence-electron chi connectivity index (χ2n) is 7.74. The first-order chi connectivity index (χ1) is 15.9. The molecule has 0 radical (unpaired) electrons. The topological polar surface area (TPSA) is 68.3 Å². The van der Waals surface area contributed by atoms with Gasteiger partial charge in [-0.1, -0.05) is 23.2 Å². The molecule has 1 N–H and O–H groups in total. The van der Waals surface area contributed by atoms with Gasteiger partial charge in [0, 0.05) is 16.3 Å². The van der Waals surface area contributed by atoms with Crippen LogP contribution in [0.15, 0.2) is 75.6 Å². The highest BCUT2D eigenvalue weighted by Gasteiger charge is 2.16. The van der Waals surface area contributed by atoms with Gasteiger partial charge in [0.1, 0.15) is 11.3 Å². The number of benzene rings is 3. The molecule has 3 aromatic carbocycles. The third-order valence-electron chi connectivity index (χ3n) is 5.42. The van der Waals surface area contributed by atoms with Gasteiger partial charge in [-0.25, -0.2) is 4.98 Å². The number of amides is 1. The molecule has 0 fully saturated rings. The van der Waals surface area contributed by atoms with Crippen LogP contribution in [0.2, 0.25) is 10.0 Å². The van der Waals surface area contributed by atoms with Gasteiger partial charge < -0.3 is 14.2 Å². The number of halogens is 2. The molecule has 0 spiro atoms. The van der Waals surface area contributed by atoms with Crippen LogP contribution in [-0.2, 0) is 0 Å². The normalized spacial score (nSPS) is 11.2. The van der Waals surface area contributed by atoms with Gasteiger partial charge in [0.25, 0.3) is 5.91 Å². The van der Waals surface area contributed by atoms with E-state index >= 15 is 0 Å². The lowest BCUT2D eigenvalue weighted by Crippen LogP contribution is -2.10. The molecule has 5 nitrogen and oxygen atoms in total. The number of anilines is 1. The van der Waals surface area contributed by atoms with Crippen LogP contribution in [0.1, 0.15) is 21.7 Å². The zero-order valence-electron chi connectivity index (χ0n) is 17.8. The van der Waals surface area contributed by atoms with E-state index in [0.29, 0.717) is 38.5 Å². The van der Waals surface area contributed by atoms with E-state index in [1.807, 2.05) is 38.1 Å². The third-order valence-corrected chi connectivity index (χ3v) is 6.00. The Balaban J connectivity index is 1.40. The van der Waals surface area contributed by atoms with Crippen molar-refractivity contribution in [1.29, 1.82) is 0 Å². The number of aromatic nitrogens is 1. The predicted molar refractivity (Wildman–Crippen MR) is 131 cm³/mol. The summed E-state index contributed by atoms with van der Waals surface area (Å²) in [6.45, 7) is 4.05. The number of oxazole rings is 1. The highest BCUT2D eigenvalue weighted by Crippen LogP contribution is 2.33. The second-order valence-corrected chi connectivity index (χ2v) is 8.59. The van der Waals surface area contributed by atoms with E-state index in [2.05, 4.69) is 10.3 Å². The van der Waals surface area contributed by atoms with Crippen molar-refractivity contribution in [2.75, 3.05) is 5.32 Å². The number of rotatable bonds is 4. The van der Waals surface area contributed by atoms with E-state index < -0.39 is 0 Å². The summed E-state index contributed by atoms with van der Waals surface area (Å²) in [6, 6.07) is 19.6. The zero-order valence-corrected chi connectivity index (χ0v) is 19.3. The van der Waals surface area contributed by atoms with Crippen molar-refractivity contribution >= 4 is 45.9 Å². The van der Waals surface area contributed by atoms with Crippen molar-refractivity contribution < 1.29 is 13.6 Å². The van der Waals surface area contributed by atoms with Gasteiger partial charge in [0.2, 0.25) is 5.89 Å². The molecule has 0 aliphatic heterocycles.